The second-order valence-electron chi connectivity index (χ2n) is 8.75. The number of hydrogen-bond acceptors (Lipinski definition) is 5. The van der Waals surface area contributed by atoms with E-state index in [1.807, 2.05) is 0 Å². The molecule has 1 fully saturated rings. The van der Waals surface area contributed by atoms with Crippen LogP contribution in [0.5, 0.6) is 0 Å². The Labute approximate surface area is 192 Å². The number of benzene rings is 1. The van der Waals surface area contributed by atoms with E-state index < -0.39 is 23.0 Å². The van der Waals surface area contributed by atoms with Gasteiger partial charge in [-0.25, -0.2) is 9.59 Å². The number of nitro groups is 1. The summed E-state index contributed by atoms with van der Waals surface area (Å²) in [5.41, 5.74) is 0.324. The molecule has 1 unspecified atom stereocenters. The third-order valence-electron chi connectivity index (χ3n) is 6.43. The van der Waals surface area contributed by atoms with Crippen LogP contribution in [0.15, 0.2) is 35.5 Å². The smallest absolute Gasteiger partial charge is 0.335 e. The lowest BCUT2D eigenvalue weighted by molar-refractivity contribution is -0.384. The first-order valence-electron chi connectivity index (χ1n) is 11.2. The molecule has 1 aromatic carbocycles. The Balaban J connectivity index is 1.76. The number of nitrogens with zero attached hydrogens (tertiary/aromatic N) is 3. The number of allylic oxidation sites excluding steroid dienone is 1. The number of carboxylic acids is 1. The first-order chi connectivity index (χ1) is 15.7. The summed E-state index contributed by atoms with van der Waals surface area (Å²) in [5, 5.41) is 23.6. The van der Waals surface area contributed by atoms with Crippen LogP contribution in [0.4, 0.5) is 10.5 Å². The number of rotatable bonds is 9. The normalized spacial score (nSPS) is 18.9. The van der Waals surface area contributed by atoms with Gasteiger partial charge in [0.05, 0.1) is 16.5 Å². The van der Waals surface area contributed by atoms with Crippen LogP contribution >= 0.6 is 0 Å². The van der Waals surface area contributed by atoms with Crippen LogP contribution in [0, 0.1) is 16.0 Å². The van der Waals surface area contributed by atoms with Gasteiger partial charge >= 0.3 is 12.0 Å². The number of non-ortho nitro benzene ring substituents is 1. The molecule has 1 saturated carbocycles. The summed E-state index contributed by atoms with van der Waals surface area (Å²) in [6.07, 6.45) is 5.48. The van der Waals surface area contributed by atoms with Gasteiger partial charge in [-0.2, -0.15) is 0 Å². The summed E-state index contributed by atoms with van der Waals surface area (Å²) in [6.45, 7) is 2.10. The molecule has 178 valence electrons. The molecule has 3 amide bonds. The van der Waals surface area contributed by atoms with E-state index in [1.54, 1.807) is 18.0 Å². The van der Waals surface area contributed by atoms with Gasteiger partial charge in [0.1, 0.15) is 0 Å². The number of carboxylic acid groups (broad SMARTS) is 1. The van der Waals surface area contributed by atoms with Crippen molar-refractivity contribution in [1.29, 1.82) is 0 Å². The van der Waals surface area contributed by atoms with E-state index >= 15 is 0 Å². The lowest BCUT2D eigenvalue weighted by atomic mass is 9.93. The zero-order chi connectivity index (χ0) is 24.1. The van der Waals surface area contributed by atoms with Crippen molar-refractivity contribution in [3.8, 4) is 0 Å². The number of aliphatic carboxylic acids is 1. The number of nitro benzene ring substituents is 1. The maximum absolute atomic E-state index is 12.8. The highest BCUT2D eigenvalue weighted by atomic mass is 16.6. The van der Waals surface area contributed by atoms with E-state index in [1.165, 1.54) is 42.9 Å². The third kappa shape index (κ3) is 5.68. The summed E-state index contributed by atoms with van der Waals surface area (Å²) in [4.78, 5) is 51.0. The first-order valence-corrected chi connectivity index (χ1v) is 11.2. The van der Waals surface area contributed by atoms with Gasteiger partial charge in [0.2, 0.25) is 5.91 Å². The molecule has 0 radical (unpaired) electrons. The van der Waals surface area contributed by atoms with Gasteiger partial charge in [-0.1, -0.05) is 25.0 Å². The van der Waals surface area contributed by atoms with E-state index in [2.05, 4.69) is 5.32 Å². The van der Waals surface area contributed by atoms with Gasteiger partial charge in [0, 0.05) is 44.4 Å². The zero-order valence-corrected chi connectivity index (χ0v) is 19.0. The van der Waals surface area contributed by atoms with Gasteiger partial charge < -0.3 is 20.2 Å². The molecule has 33 heavy (non-hydrogen) atoms. The standard InChI is InChI=1S/C23H30N4O6/c1-15-20(22(29)30)21(17-9-5-10-18(14-17)27(32)33)26(23(31)24-15)12-6-11-25(2)19(28)13-16-7-3-4-8-16/h5,9-10,14,16,21H,3-4,6-8,11-13H2,1-2H3,(H,24,31)(H,29,30). The maximum Gasteiger partial charge on any atom is 0.335 e. The first kappa shape index (κ1) is 24.2. The molecular formula is C23H30N4O6. The van der Waals surface area contributed by atoms with Gasteiger partial charge in [0.25, 0.3) is 5.69 Å². The third-order valence-corrected chi connectivity index (χ3v) is 6.43. The van der Waals surface area contributed by atoms with Crippen molar-refractivity contribution < 1.29 is 24.4 Å². The number of carbonyl (C=O) groups is 3. The minimum absolute atomic E-state index is 0.0410. The Morgan fingerprint density at radius 3 is 2.64 bits per heavy atom. The zero-order valence-electron chi connectivity index (χ0n) is 19.0. The van der Waals surface area contributed by atoms with Crippen LogP contribution in [0.3, 0.4) is 0 Å². The lowest BCUT2D eigenvalue weighted by Gasteiger charge is -2.37. The highest BCUT2D eigenvalue weighted by Crippen LogP contribution is 2.35. The fraction of sp³-hybridized carbons (Fsp3) is 0.522. The second kappa shape index (κ2) is 10.5. The number of urea groups is 1. The van der Waals surface area contributed by atoms with Crippen LogP contribution < -0.4 is 5.32 Å². The molecule has 0 aromatic heterocycles. The number of hydrogen-bond donors (Lipinski definition) is 2. The van der Waals surface area contributed by atoms with Crippen LogP contribution in [0.2, 0.25) is 0 Å². The van der Waals surface area contributed by atoms with Gasteiger partial charge in [-0.3, -0.25) is 14.9 Å². The van der Waals surface area contributed by atoms with E-state index in [0.717, 1.165) is 12.8 Å². The fourth-order valence-corrected chi connectivity index (χ4v) is 4.66. The van der Waals surface area contributed by atoms with Crippen LogP contribution in [0.1, 0.15) is 57.1 Å². The van der Waals surface area contributed by atoms with Crippen molar-refractivity contribution in [3.63, 3.8) is 0 Å². The van der Waals surface area contributed by atoms with Gasteiger partial charge in [0.15, 0.2) is 0 Å². The molecule has 1 atom stereocenters. The van der Waals surface area contributed by atoms with Crippen molar-refractivity contribution in [2.45, 2.75) is 51.5 Å². The molecule has 10 nitrogen and oxygen atoms in total. The van der Waals surface area contributed by atoms with Crippen molar-refractivity contribution in [3.05, 3.63) is 51.2 Å². The molecule has 2 N–H and O–H groups in total. The van der Waals surface area contributed by atoms with Crippen molar-refractivity contribution in [2.24, 2.45) is 5.92 Å². The highest BCUT2D eigenvalue weighted by Gasteiger charge is 2.38. The minimum Gasteiger partial charge on any atom is -0.478 e. The van der Waals surface area contributed by atoms with E-state index in [9.17, 15) is 29.6 Å². The second-order valence-corrected chi connectivity index (χ2v) is 8.75. The Morgan fingerprint density at radius 1 is 1.30 bits per heavy atom. The largest absolute Gasteiger partial charge is 0.478 e. The van der Waals surface area contributed by atoms with Crippen molar-refractivity contribution in [2.75, 3.05) is 20.1 Å². The van der Waals surface area contributed by atoms with Gasteiger partial charge in [-0.05, 0) is 37.7 Å². The molecule has 0 bridgehead atoms. The van der Waals surface area contributed by atoms with Crippen molar-refractivity contribution in [1.82, 2.24) is 15.1 Å². The topological polar surface area (TPSA) is 133 Å². The predicted molar refractivity (Wildman–Crippen MR) is 120 cm³/mol. The van der Waals surface area contributed by atoms with E-state index in [-0.39, 0.29) is 29.4 Å². The molecule has 0 spiro atoms. The Hall–Kier alpha value is -3.43. The number of carbonyl (C=O) groups excluding carboxylic acids is 2. The molecule has 0 saturated heterocycles. The molecule has 1 aromatic rings. The highest BCUT2D eigenvalue weighted by molar-refractivity contribution is 5.93. The average Bonchev–Trinajstić information content (AvgIpc) is 3.27. The monoisotopic (exact) mass is 458 g/mol. The van der Waals surface area contributed by atoms with Crippen LogP contribution in [-0.4, -0.2) is 57.9 Å². The van der Waals surface area contributed by atoms with Crippen LogP contribution in [0.25, 0.3) is 0 Å². The Bertz CT molecular complexity index is 969. The maximum atomic E-state index is 12.8. The minimum atomic E-state index is -1.21. The summed E-state index contributed by atoms with van der Waals surface area (Å²) < 4.78 is 0. The Morgan fingerprint density at radius 2 is 2.00 bits per heavy atom. The molecule has 3 rings (SSSR count). The average molecular weight is 459 g/mol. The lowest BCUT2D eigenvalue weighted by Crippen LogP contribution is -2.49. The summed E-state index contributed by atoms with van der Waals surface area (Å²) in [5.74, 6) is -0.697. The van der Waals surface area contributed by atoms with E-state index in [4.69, 9.17) is 0 Å². The molecular weight excluding hydrogens is 428 g/mol. The van der Waals surface area contributed by atoms with E-state index in [0.29, 0.717) is 30.9 Å². The summed E-state index contributed by atoms with van der Waals surface area (Å²) >= 11 is 0. The van der Waals surface area contributed by atoms with Crippen molar-refractivity contribution >= 4 is 23.6 Å². The molecule has 10 heteroatoms. The number of amides is 3. The molecule has 1 aliphatic heterocycles. The molecule has 1 heterocycles. The molecule has 2 aliphatic rings. The van der Waals surface area contributed by atoms with Gasteiger partial charge in [-0.15, -0.1) is 0 Å². The summed E-state index contributed by atoms with van der Waals surface area (Å²) in [6, 6.07) is 4.21. The quantitative estimate of drug-likeness (QED) is 0.430. The SMILES string of the molecule is CC1=C(C(=O)O)C(c2cccc([N+](=O)[O-])c2)N(CCCN(C)C(=O)CC2CCCC2)C(=O)N1. The predicted octanol–water partition coefficient (Wildman–Crippen LogP) is 3.45. The van der Waals surface area contributed by atoms with Crippen LogP contribution in [-0.2, 0) is 9.59 Å². The number of nitrogens with one attached hydrogen (secondary N) is 1. The molecule has 1 aliphatic carbocycles. The Kier molecular flexibility index (Phi) is 7.67. The fourth-order valence-electron chi connectivity index (χ4n) is 4.66. The summed E-state index contributed by atoms with van der Waals surface area (Å²) in [7, 11) is 1.73.